The Morgan fingerprint density at radius 1 is 1.25 bits per heavy atom. The van der Waals surface area contributed by atoms with E-state index in [0.29, 0.717) is 32.2 Å². The minimum atomic E-state index is -1.27. The maximum Gasteiger partial charge on any atom is 0.248 e. The van der Waals surface area contributed by atoms with Crippen LogP contribution < -0.4 is 22.1 Å². The van der Waals surface area contributed by atoms with E-state index in [1.54, 1.807) is 5.48 Å². The number of hydroxylamine groups is 1. The van der Waals surface area contributed by atoms with E-state index in [-0.39, 0.29) is 30.0 Å². The van der Waals surface area contributed by atoms with Crippen LogP contribution in [0.5, 0.6) is 0 Å². The Hall–Kier alpha value is -2.26. The highest BCUT2D eigenvalue weighted by Crippen LogP contribution is 2.41. The van der Waals surface area contributed by atoms with Crippen LogP contribution in [0.15, 0.2) is 36.4 Å². The van der Waals surface area contributed by atoms with Crippen molar-refractivity contribution in [2.24, 2.45) is 34.9 Å². The van der Waals surface area contributed by atoms with Gasteiger partial charge in [0.05, 0.1) is 5.92 Å². The average Bonchev–Trinajstić information content (AvgIpc) is 2.85. The zero-order valence-corrected chi connectivity index (χ0v) is 22.6. The highest BCUT2D eigenvalue weighted by atomic mass is 35.5. The molecule has 8 nitrogen and oxygen atoms in total. The number of hydrazine groups is 1. The van der Waals surface area contributed by atoms with Crippen LogP contribution in [0.3, 0.4) is 0 Å². The molecule has 202 valence electrons. The normalized spacial score (nSPS) is 22.4. The van der Waals surface area contributed by atoms with Gasteiger partial charge in [0.25, 0.3) is 0 Å². The second kappa shape index (κ2) is 15.1. The number of benzene rings is 1. The predicted octanol–water partition coefficient (Wildman–Crippen LogP) is 3.64. The number of hydrogen-bond acceptors (Lipinski definition) is 6. The molecule has 5 atom stereocenters. The van der Waals surface area contributed by atoms with E-state index >= 15 is 0 Å². The third-order valence-corrected chi connectivity index (χ3v) is 7.13. The molecule has 0 spiro atoms. The number of nitrogens with two attached hydrogens (primary N) is 1. The molecule has 1 heterocycles. The third-order valence-electron chi connectivity index (χ3n) is 7.13. The molecule has 6 N–H and O–H groups in total. The van der Waals surface area contributed by atoms with Crippen molar-refractivity contribution >= 4 is 36.1 Å². The fourth-order valence-corrected chi connectivity index (χ4v) is 5.59. The molecule has 2 amide bonds. The van der Waals surface area contributed by atoms with E-state index in [9.17, 15) is 19.6 Å². The van der Waals surface area contributed by atoms with Gasteiger partial charge in [-0.1, -0.05) is 76.6 Å². The van der Waals surface area contributed by atoms with Crippen LogP contribution in [0, 0.1) is 29.1 Å². The lowest BCUT2D eigenvalue weighted by atomic mass is 9.62. The van der Waals surface area contributed by atoms with E-state index in [0.717, 1.165) is 12.0 Å². The summed E-state index contributed by atoms with van der Waals surface area (Å²) in [6, 6.07) is 9.18. The van der Waals surface area contributed by atoms with Gasteiger partial charge < -0.3 is 5.32 Å². The summed E-state index contributed by atoms with van der Waals surface area (Å²) in [5.41, 5.74) is 3.77. The van der Waals surface area contributed by atoms with Gasteiger partial charge in [0, 0.05) is 12.0 Å². The Balaban J connectivity index is 0.00000648. The quantitative estimate of drug-likeness (QED) is 0.0935. The zero-order valence-electron chi connectivity index (χ0n) is 21.8. The number of nitrogens with one attached hydrogen (secondary N) is 3. The van der Waals surface area contributed by atoms with Gasteiger partial charge in [-0.3, -0.25) is 25.0 Å². The molecule has 3 unspecified atom stereocenters. The van der Waals surface area contributed by atoms with Gasteiger partial charge in [0.2, 0.25) is 11.8 Å². The summed E-state index contributed by atoms with van der Waals surface area (Å²) in [5.74, 6) is 3.14. The molecule has 0 saturated carbocycles. The molecule has 0 radical (unpaired) electrons. The lowest BCUT2D eigenvalue weighted by molar-refractivity contribution is -0.150. The van der Waals surface area contributed by atoms with Crippen molar-refractivity contribution in [2.75, 3.05) is 6.54 Å². The molecule has 1 aromatic carbocycles. The minimum absolute atomic E-state index is 0. The smallest absolute Gasteiger partial charge is 0.248 e. The first kappa shape index (κ1) is 31.8. The molecule has 0 aromatic heterocycles. The Morgan fingerprint density at radius 2 is 1.92 bits per heavy atom. The summed E-state index contributed by atoms with van der Waals surface area (Å²) < 4.78 is 0. The Bertz CT molecular complexity index is 880. The molecule has 1 aliphatic rings. The fourth-order valence-electron chi connectivity index (χ4n) is 5.59. The molecule has 1 fully saturated rings. The summed E-state index contributed by atoms with van der Waals surface area (Å²) in [4.78, 5) is 40.3. The summed E-state index contributed by atoms with van der Waals surface area (Å²) >= 11 is 0. The number of ketones is 1. The van der Waals surface area contributed by atoms with E-state index in [1.165, 1.54) is 0 Å². The first-order chi connectivity index (χ1) is 16.7. The van der Waals surface area contributed by atoms with Crippen molar-refractivity contribution < 1.29 is 19.6 Å². The number of halogens is 1. The lowest BCUT2D eigenvalue weighted by Gasteiger charge is -2.44. The summed E-state index contributed by atoms with van der Waals surface area (Å²) in [5, 5.41) is 12.9. The largest absolute Gasteiger partial charge is 0.312 e. The number of hydrogen-bond donors (Lipinski definition) is 5. The molecule has 2 rings (SSSR count). The predicted molar refractivity (Wildman–Crippen MR) is 144 cm³/mol. The van der Waals surface area contributed by atoms with E-state index in [4.69, 9.17) is 5.84 Å². The highest BCUT2D eigenvalue weighted by molar-refractivity contribution is 6.07. The summed E-state index contributed by atoms with van der Waals surface area (Å²) in [6.45, 7) is 8.55. The number of allylic oxidation sites excluding steroid dienone is 1. The van der Waals surface area contributed by atoms with Crippen LogP contribution in [0.1, 0.15) is 65.4 Å². The summed E-state index contributed by atoms with van der Waals surface area (Å²) in [7, 11) is 0. The Labute approximate surface area is 221 Å². The maximum absolute atomic E-state index is 14.3. The molecule has 0 aliphatic carbocycles. The summed E-state index contributed by atoms with van der Waals surface area (Å²) in [6.07, 6.45) is 6.28. The number of piperidine rings is 1. The van der Waals surface area contributed by atoms with Crippen molar-refractivity contribution in [3.8, 4) is 0 Å². The zero-order chi connectivity index (χ0) is 26.0. The number of Topliss-reactive ketones (excluding diaryl/α,β-unsaturated/α-hetero) is 1. The van der Waals surface area contributed by atoms with Gasteiger partial charge in [-0.2, -0.15) is 0 Å². The lowest BCUT2D eigenvalue weighted by Crippen LogP contribution is -2.60. The standard InChI is InChI=1S/C27H42N4O4.ClH/c1-5-15-27(17-18(2)3,26(34)30-28)24(32)22-19(4)14-16-29-23(22)21(25(33)31-35)13-9-12-20-10-7-6-8-11-20;/h6-12,18-19,21-23,29,35H,5,13-17,28H2,1-4H3,(H,30,34)(H,31,33);1H/b12-9+;/t19?,21-,22?,23-,27?;/m0./s1. The third kappa shape index (κ3) is 7.62. The molecule has 1 aliphatic heterocycles. The van der Waals surface area contributed by atoms with Gasteiger partial charge in [-0.05, 0) is 49.6 Å². The van der Waals surface area contributed by atoms with Crippen LogP contribution in [-0.2, 0) is 14.4 Å². The first-order valence-electron chi connectivity index (χ1n) is 12.7. The van der Waals surface area contributed by atoms with Crippen molar-refractivity contribution in [1.82, 2.24) is 16.2 Å². The van der Waals surface area contributed by atoms with Crippen LogP contribution in [0.4, 0.5) is 0 Å². The monoisotopic (exact) mass is 522 g/mol. The average molecular weight is 523 g/mol. The minimum Gasteiger partial charge on any atom is -0.312 e. The van der Waals surface area contributed by atoms with Crippen LogP contribution in [-0.4, -0.2) is 35.4 Å². The number of rotatable bonds is 12. The van der Waals surface area contributed by atoms with Crippen molar-refractivity contribution in [2.45, 2.75) is 65.8 Å². The highest BCUT2D eigenvalue weighted by Gasteiger charge is 2.52. The van der Waals surface area contributed by atoms with Gasteiger partial charge in [0.15, 0.2) is 5.78 Å². The van der Waals surface area contributed by atoms with Gasteiger partial charge in [0.1, 0.15) is 5.41 Å². The second-order valence-corrected chi connectivity index (χ2v) is 10.2. The van der Waals surface area contributed by atoms with Gasteiger partial charge in [-0.25, -0.2) is 11.3 Å². The fraction of sp³-hybridized carbons (Fsp3) is 0.593. The van der Waals surface area contributed by atoms with Crippen molar-refractivity contribution in [3.63, 3.8) is 0 Å². The molecule has 9 heteroatoms. The SMILES string of the molecule is CCCC(CC(C)C)(C(=O)NN)C(=O)C1C(C)CCN[C@H]1[C@H](C/C=C/c1ccccc1)C(=O)NO.Cl. The first-order valence-corrected chi connectivity index (χ1v) is 12.7. The molecule has 1 aromatic rings. The molecule has 36 heavy (non-hydrogen) atoms. The molecule has 1 saturated heterocycles. The number of carbonyl (C=O) groups excluding carboxylic acids is 3. The number of carbonyl (C=O) groups is 3. The van der Waals surface area contributed by atoms with E-state index < -0.39 is 35.1 Å². The molecular weight excluding hydrogens is 480 g/mol. The second-order valence-electron chi connectivity index (χ2n) is 10.2. The molecule has 0 bridgehead atoms. The van der Waals surface area contributed by atoms with E-state index in [1.807, 2.05) is 70.2 Å². The van der Waals surface area contributed by atoms with Crippen molar-refractivity contribution in [1.29, 1.82) is 0 Å². The van der Waals surface area contributed by atoms with Crippen LogP contribution in [0.25, 0.3) is 6.08 Å². The van der Waals surface area contributed by atoms with Crippen molar-refractivity contribution in [3.05, 3.63) is 42.0 Å². The Morgan fingerprint density at radius 3 is 2.47 bits per heavy atom. The van der Waals surface area contributed by atoms with Gasteiger partial charge in [-0.15, -0.1) is 12.4 Å². The topological polar surface area (TPSA) is 134 Å². The van der Waals surface area contributed by atoms with Crippen LogP contribution in [0.2, 0.25) is 0 Å². The van der Waals surface area contributed by atoms with E-state index in [2.05, 4.69) is 10.7 Å². The number of amides is 2. The maximum atomic E-state index is 14.3. The molecular formula is C27H43ClN4O4. The Kier molecular flexibility index (Phi) is 13.3. The van der Waals surface area contributed by atoms with Crippen LogP contribution >= 0.6 is 12.4 Å². The van der Waals surface area contributed by atoms with Gasteiger partial charge >= 0.3 is 0 Å².